The van der Waals surface area contributed by atoms with Crippen LogP contribution in [0.15, 0.2) is 77.2 Å². The molecule has 0 saturated carbocycles. The van der Waals surface area contributed by atoms with Gasteiger partial charge in [-0.25, -0.2) is 0 Å². The summed E-state index contributed by atoms with van der Waals surface area (Å²) in [6, 6.07) is 19.7. The van der Waals surface area contributed by atoms with E-state index < -0.39 is 16.0 Å². The highest BCUT2D eigenvalue weighted by Crippen LogP contribution is 2.30. The number of hydrogen-bond acceptors (Lipinski definition) is 6. The van der Waals surface area contributed by atoms with Crippen LogP contribution < -0.4 is 14.2 Å². The summed E-state index contributed by atoms with van der Waals surface area (Å²) < 4.78 is 36.2. The van der Waals surface area contributed by atoms with Gasteiger partial charge in [0.25, 0.3) is 5.91 Å². The summed E-state index contributed by atoms with van der Waals surface area (Å²) >= 11 is 0. The first kappa shape index (κ1) is 23.6. The molecule has 0 fully saturated rings. The highest BCUT2D eigenvalue weighted by molar-refractivity contribution is 7.87. The zero-order chi connectivity index (χ0) is 24.0. The lowest BCUT2D eigenvalue weighted by molar-refractivity contribution is -0.112. The monoisotopic (exact) mass is 462 g/mol. The number of carbonyl (C=O) groups excluding carboxylic acids is 1. The average molecular weight is 463 g/mol. The van der Waals surface area contributed by atoms with Crippen LogP contribution in [0.3, 0.4) is 0 Å². The number of nitriles is 1. The van der Waals surface area contributed by atoms with Crippen molar-refractivity contribution in [3.05, 3.63) is 89.0 Å². The van der Waals surface area contributed by atoms with Crippen molar-refractivity contribution in [3.8, 4) is 17.6 Å². The van der Waals surface area contributed by atoms with Crippen LogP contribution in [0.4, 0.5) is 5.69 Å². The van der Waals surface area contributed by atoms with Crippen LogP contribution in [0.5, 0.6) is 11.5 Å². The van der Waals surface area contributed by atoms with E-state index in [0.717, 1.165) is 11.1 Å². The third-order valence-electron chi connectivity index (χ3n) is 4.79. The number of anilines is 1. The molecule has 7 nitrogen and oxygen atoms in total. The molecule has 0 unspecified atom stereocenters. The summed E-state index contributed by atoms with van der Waals surface area (Å²) in [5, 5.41) is 12.3. The Morgan fingerprint density at radius 1 is 1.03 bits per heavy atom. The maximum atomic E-state index is 12.8. The zero-order valence-corrected chi connectivity index (χ0v) is 19.1. The molecule has 1 amide bonds. The molecule has 168 valence electrons. The summed E-state index contributed by atoms with van der Waals surface area (Å²) in [5.74, 6) is -0.356. The van der Waals surface area contributed by atoms with Crippen molar-refractivity contribution in [3.63, 3.8) is 0 Å². The Balaban J connectivity index is 1.97. The zero-order valence-electron chi connectivity index (χ0n) is 18.3. The second-order valence-corrected chi connectivity index (χ2v) is 8.74. The number of aryl methyl sites for hydroxylation is 2. The maximum Gasteiger partial charge on any atom is 0.339 e. The van der Waals surface area contributed by atoms with Gasteiger partial charge in [-0.15, -0.1) is 0 Å². The van der Waals surface area contributed by atoms with Crippen LogP contribution in [0.1, 0.15) is 16.7 Å². The van der Waals surface area contributed by atoms with E-state index in [1.165, 1.54) is 37.5 Å². The van der Waals surface area contributed by atoms with Crippen LogP contribution in [-0.2, 0) is 14.9 Å². The van der Waals surface area contributed by atoms with Gasteiger partial charge in [-0.3, -0.25) is 4.79 Å². The Kier molecular flexibility index (Phi) is 7.16. The predicted molar refractivity (Wildman–Crippen MR) is 125 cm³/mol. The standard InChI is InChI=1S/C25H22N2O5S/c1-17-8-12-22(13-9-17)33(29,30)32-24-15-21(31-3)11-10-19(24)14-20(16-26)25(28)27-23-7-5-4-6-18(23)2/h4-15H,1-3H3,(H,27,28)/b20-14+. The number of ether oxygens (including phenoxy) is 1. The Labute approximate surface area is 193 Å². The lowest BCUT2D eigenvalue weighted by atomic mass is 10.1. The summed E-state index contributed by atoms with van der Waals surface area (Å²) in [4.78, 5) is 12.7. The minimum Gasteiger partial charge on any atom is -0.497 e. The second kappa shape index (κ2) is 10.0. The third-order valence-corrected chi connectivity index (χ3v) is 6.04. The van der Waals surface area contributed by atoms with Gasteiger partial charge in [0, 0.05) is 17.3 Å². The van der Waals surface area contributed by atoms with Crippen LogP contribution in [0.2, 0.25) is 0 Å². The first-order chi connectivity index (χ1) is 15.7. The molecule has 3 rings (SSSR count). The first-order valence-corrected chi connectivity index (χ1v) is 11.3. The van der Waals surface area contributed by atoms with Crippen molar-refractivity contribution >= 4 is 27.8 Å². The molecule has 33 heavy (non-hydrogen) atoms. The van der Waals surface area contributed by atoms with Gasteiger partial charge in [-0.05, 0) is 55.8 Å². The van der Waals surface area contributed by atoms with Crippen LogP contribution in [-0.4, -0.2) is 21.4 Å². The fourth-order valence-corrected chi connectivity index (χ4v) is 3.86. The molecular weight excluding hydrogens is 440 g/mol. The molecular formula is C25H22N2O5S. The topological polar surface area (TPSA) is 105 Å². The van der Waals surface area contributed by atoms with Crippen molar-refractivity contribution in [1.29, 1.82) is 5.26 Å². The first-order valence-electron chi connectivity index (χ1n) is 9.91. The molecule has 0 spiro atoms. The fraction of sp³-hybridized carbons (Fsp3) is 0.120. The lowest BCUT2D eigenvalue weighted by Crippen LogP contribution is -2.14. The van der Waals surface area contributed by atoms with Crippen molar-refractivity contribution in [1.82, 2.24) is 0 Å². The Morgan fingerprint density at radius 3 is 2.36 bits per heavy atom. The molecule has 0 heterocycles. The molecule has 0 aromatic heterocycles. The number of methoxy groups -OCH3 is 1. The van der Waals surface area contributed by atoms with Crippen molar-refractivity contribution < 1.29 is 22.1 Å². The minimum atomic E-state index is -4.16. The number of amides is 1. The molecule has 0 aliphatic carbocycles. The smallest absolute Gasteiger partial charge is 0.339 e. The van der Waals surface area contributed by atoms with Gasteiger partial charge >= 0.3 is 10.1 Å². The summed E-state index contributed by atoms with van der Waals surface area (Å²) in [6.45, 7) is 3.67. The Morgan fingerprint density at radius 2 is 1.73 bits per heavy atom. The van der Waals surface area contributed by atoms with E-state index in [4.69, 9.17) is 8.92 Å². The van der Waals surface area contributed by atoms with E-state index in [0.29, 0.717) is 11.4 Å². The van der Waals surface area contributed by atoms with Gasteiger partial charge < -0.3 is 14.2 Å². The number of nitrogens with zero attached hydrogens (tertiary/aromatic N) is 1. The maximum absolute atomic E-state index is 12.8. The molecule has 0 radical (unpaired) electrons. The molecule has 0 saturated heterocycles. The number of nitrogens with one attached hydrogen (secondary N) is 1. The van der Waals surface area contributed by atoms with Gasteiger partial charge in [-0.2, -0.15) is 13.7 Å². The lowest BCUT2D eigenvalue weighted by Gasteiger charge is -2.12. The fourth-order valence-electron chi connectivity index (χ4n) is 2.91. The molecule has 3 aromatic carbocycles. The average Bonchev–Trinajstić information content (AvgIpc) is 2.79. The highest BCUT2D eigenvalue weighted by Gasteiger charge is 2.20. The summed E-state index contributed by atoms with van der Waals surface area (Å²) in [6.07, 6.45) is 1.27. The van der Waals surface area contributed by atoms with Gasteiger partial charge in [0.15, 0.2) is 5.75 Å². The molecule has 0 bridgehead atoms. The summed E-state index contributed by atoms with van der Waals surface area (Å²) in [7, 11) is -2.73. The number of benzene rings is 3. The molecule has 0 aliphatic rings. The minimum absolute atomic E-state index is 0.0244. The number of carbonyl (C=O) groups is 1. The normalized spacial score (nSPS) is 11.4. The SMILES string of the molecule is COc1ccc(/C=C(\C#N)C(=O)Nc2ccccc2C)c(OS(=O)(=O)c2ccc(C)cc2)c1. The highest BCUT2D eigenvalue weighted by atomic mass is 32.2. The van der Waals surface area contributed by atoms with Crippen molar-refractivity contribution in [2.24, 2.45) is 0 Å². The van der Waals surface area contributed by atoms with E-state index in [1.807, 2.05) is 32.0 Å². The Bertz CT molecular complexity index is 1350. The van der Waals surface area contributed by atoms with E-state index >= 15 is 0 Å². The molecule has 0 aliphatic heterocycles. The predicted octanol–water partition coefficient (Wildman–Crippen LogP) is 4.63. The van der Waals surface area contributed by atoms with E-state index in [-0.39, 0.29) is 21.8 Å². The number of para-hydroxylation sites is 1. The largest absolute Gasteiger partial charge is 0.497 e. The molecule has 3 aromatic rings. The van der Waals surface area contributed by atoms with Gasteiger partial charge in [0.05, 0.1) is 7.11 Å². The van der Waals surface area contributed by atoms with Crippen LogP contribution in [0.25, 0.3) is 6.08 Å². The Hall–Kier alpha value is -4.09. The summed E-state index contributed by atoms with van der Waals surface area (Å²) in [5.41, 5.74) is 2.30. The number of hydrogen-bond donors (Lipinski definition) is 1. The third kappa shape index (κ3) is 5.79. The van der Waals surface area contributed by atoms with Crippen molar-refractivity contribution in [2.45, 2.75) is 18.7 Å². The molecule has 1 N–H and O–H groups in total. The molecule has 8 heteroatoms. The van der Waals surface area contributed by atoms with Crippen LogP contribution >= 0.6 is 0 Å². The van der Waals surface area contributed by atoms with Gasteiger partial charge in [0.1, 0.15) is 22.3 Å². The quantitative estimate of drug-likeness (QED) is 0.312. The van der Waals surface area contributed by atoms with Crippen molar-refractivity contribution in [2.75, 3.05) is 12.4 Å². The van der Waals surface area contributed by atoms with Crippen LogP contribution in [0, 0.1) is 25.2 Å². The second-order valence-electron chi connectivity index (χ2n) is 7.19. The van der Waals surface area contributed by atoms with E-state index in [1.54, 1.807) is 30.3 Å². The molecule has 0 atom stereocenters. The van der Waals surface area contributed by atoms with Gasteiger partial charge in [-0.1, -0.05) is 35.9 Å². The van der Waals surface area contributed by atoms with E-state index in [2.05, 4.69) is 5.32 Å². The number of rotatable bonds is 7. The van der Waals surface area contributed by atoms with Gasteiger partial charge in [0.2, 0.25) is 0 Å². The van der Waals surface area contributed by atoms with E-state index in [9.17, 15) is 18.5 Å².